The maximum absolute atomic E-state index is 11.5. The molecule has 0 aromatic heterocycles. The highest BCUT2D eigenvalue weighted by Gasteiger charge is 2.02. The van der Waals surface area contributed by atoms with Gasteiger partial charge < -0.3 is 11.1 Å². The molecule has 0 fully saturated rings. The van der Waals surface area contributed by atoms with Crippen LogP contribution in [0.3, 0.4) is 0 Å². The van der Waals surface area contributed by atoms with Gasteiger partial charge in [0.15, 0.2) is 0 Å². The van der Waals surface area contributed by atoms with Crippen LogP contribution >= 0.6 is 0 Å². The number of nitrogens with two attached hydrogens (primary N) is 1. The molecule has 94 valence electrons. The summed E-state index contributed by atoms with van der Waals surface area (Å²) in [5.74, 6) is 0.104. The Morgan fingerprint density at radius 1 is 1.47 bits per heavy atom. The molecule has 1 atom stereocenters. The first-order chi connectivity index (χ1) is 8.08. The molecule has 0 bridgehead atoms. The smallest absolute Gasteiger partial charge is 0.220 e. The fourth-order valence-electron chi connectivity index (χ4n) is 1.70. The summed E-state index contributed by atoms with van der Waals surface area (Å²) >= 11 is 0. The van der Waals surface area contributed by atoms with E-state index in [1.807, 2.05) is 32.0 Å². The Morgan fingerprint density at radius 3 is 2.88 bits per heavy atom. The molecule has 17 heavy (non-hydrogen) atoms. The Balaban J connectivity index is 2.24. The minimum Gasteiger partial charge on any atom is -0.352 e. The van der Waals surface area contributed by atoms with Gasteiger partial charge in [0.1, 0.15) is 0 Å². The zero-order valence-electron chi connectivity index (χ0n) is 10.7. The lowest BCUT2D eigenvalue weighted by Gasteiger charge is -2.07. The average molecular weight is 234 g/mol. The van der Waals surface area contributed by atoms with Gasteiger partial charge in [-0.25, -0.2) is 0 Å². The van der Waals surface area contributed by atoms with Crippen LogP contribution in [0.25, 0.3) is 0 Å². The van der Waals surface area contributed by atoms with E-state index < -0.39 is 0 Å². The molecule has 1 amide bonds. The molecule has 1 aromatic rings. The number of aryl methyl sites for hydroxylation is 1. The van der Waals surface area contributed by atoms with Crippen LogP contribution < -0.4 is 11.1 Å². The van der Waals surface area contributed by atoms with Crippen LogP contribution in [0.1, 0.15) is 37.3 Å². The van der Waals surface area contributed by atoms with Crippen LogP contribution in [-0.2, 0) is 11.3 Å². The van der Waals surface area contributed by atoms with Gasteiger partial charge in [0, 0.05) is 19.0 Å². The summed E-state index contributed by atoms with van der Waals surface area (Å²) in [5.41, 5.74) is 7.99. The van der Waals surface area contributed by atoms with E-state index in [0.717, 1.165) is 18.4 Å². The number of hydrogen-bond acceptors (Lipinski definition) is 2. The minimum atomic E-state index is 0.104. The van der Waals surface area contributed by atoms with E-state index in [4.69, 9.17) is 5.73 Å². The molecule has 0 heterocycles. The van der Waals surface area contributed by atoms with E-state index in [1.165, 1.54) is 5.56 Å². The summed E-state index contributed by atoms with van der Waals surface area (Å²) in [4.78, 5) is 11.5. The van der Waals surface area contributed by atoms with Gasteiger partial charge in [-0.15, -0.1) is 0 Å². The van der Waals surface area contributed by atoms with Crippen molar-refractivity contribution in [3.05, 3.63) is 35.4 Å². The number of carbonyl (C=O) groups is 1. The first-order valence-electron chi connectivity index (χ1n) is 6.16. The highest BCUT2D eigenvalue weighted by molar-refractivity contribution is 5.75. The molecule has 1 aromatic carbocycles. The van der Waals surface area contributed by atoms with Gasteiger partial charge in [-0.3, -0.25) is 4.79 Å². The Morgan fingerprint density at radius 2 is 2.24 bits per heavy atom. The van der Waals surface area contributed by atoms with Crippen LogP contribution in [0.5, 0.6) is 0 Å². The topological polar surface area (TPSA) is 55.1 Å². The van der Waals surface area contributed by atoms with E-state index >= 15 is 0 Å². The largest absolute Gasteiger partial charge is 0.352 e. The second kappa shape index (κ2) is 7.07. The molecular weight excluding hydrogens is 212 g/mol. The number of nitrogens with one attached hydrogen (secondary N) is 1. The van der Waals surface area contributed by atoms with Gasteiger partial charge in [-0.1, -0.05) is 29.8 Å². The van der Waals surface area contributed by atoms with Gasteiger partial charge in [0.2, 0.25) is 5.91 Å². The molecule has 0 aliphatic rings. The quantitative estimate of drug-likeness (QED) is 0.792. The van der Waals surface area contributed by atoms with Crippen molar-refractivity contribution in [1.82, 2.24) is 5.32 Å². The second-order valence-electron chi connectivity index (χ2n) is 4.64. The highest BCUT2D eigenvalue weighted by Crippen LogP contribution is 2.04. The number of benzene rings is 1. The van der Waals surface area contributed by atoms with Crippen LogP contribution in [0.15, 0.2) is 24.3 Å². The maximum Gasteiger partial charge on any atom is 0.220 e. The lowest BCUT2D eigenvalue weighted by molar-refractivity contribution is -0.121. The SMILES string of the molecule is Cc1cccc(CNC(=O)CCCC(C)N)c1. The van der Waals surface area contributed by atoms with Crippen molar-refractivity contribution in [2.75, 3.05) is 0 Å². The Kier molecular flexibility index (Phi) is 5.70. The fraction of sp³-hybridized carbons (Fsp3) is 0.500. The fourth-order valence-corrected chi connectivity index (χ4v) is 1.70. The van der Waals surface area contributed by atoms with Gasteiger partial charge in [0.05, 0.1) is 0 Å². The minimum absolute atomic E-state index is 0.104. The van der Waals surface area contributed by atoms with Crippen LogP contribution in [0.4, 0.5) is 0 Å². The van der Waals surface area contributed by atoms with Crippen molar-refractivity contribution in [2.45, 2.75) is 45.7 Å². The Hall–Kier alpha value is -1.35. The molecule has 0 aliphatic heterocycles. The van der Waals surface area contributed by atoms with Crippen molar-refractivity contribution in [3.63, 3.8) is 0 Å². The van der Waals surface area contributed by atoms with Gasteiger partial charge in [-0.2, -0.15) is 0 Å². The monoisotopic (exact) mass is 234 g/mol. The normalized spacial score (nSPS) is 12.2. The Labute approximate surface area is 103 Å². The number of amides is 1. The third-order valence-electron chi connectivity index (χ3n) is 2.64. The number of hydrogen-bond donors (Lipinski definition) is 2. The van der Waals surface area contributed by atoms with Crippen molar-refractivity contribution in [2.24, 2.45) is 5.73 Å². The van der Waals surface area contributed by atoms with E-state index in [-0.39, 0.29) is 11.9 Å². The lowest BCUT2D eigenvalue weighted by Crippen LogP contribution is -2.23. The van der Waals surface area contributed by atoms with Crippen molar-refractivity contribution >= 4 is 5.91 Å². The number of rotatable bonds is 6. The molecule has 0 saturated carbocycles. The van der Waals surface area contributed by atoms with E-state index in [9.17, 15) is 4.79 Å². The van der Waals surface area contributed by atoms with Gasteiger partial charge >= 0.3 is 0 Å². The van der Waals surface area contributed by atoms with E-state index in [2.05, 4.69) is 11.4 Å². The maximum atomic E-state index is 11.5. The molecular formula is C14H22N2O. The van der Waals surface area contributed by atoms with Gasteiger partial charge in [-0.05, 0) is 32.3 Å². The number of carbonyl (C=O) groups excluding carboxylic acids is 1. The van der Waals surface area contributed by atoms with E-state index in [1.54, 1.807) is 0 Å². The molecule has 0 aliphatic carbocycles. The van der Waals surface area contributed by atoms with Crippen molar-refractivity contribution in [3.8, 4) is 0 Å². The molecule has 1 unspecified atom stereocenters. The van der Waals surface area contributed by atoms with Crippen molar-refractivity contribution < 1.29 is 4.79 Å². The standard InChI is InChI=1S/C14H22N2O/c1-11-5-3-7-13(9-11)10-16-14(17)8-4-6-12(2)15/h3,5,7,9,12H,4,6,8,10,15H2,1-2H3,(H,16,17). The highest BCUT2D eigenvalue weighted by atomic mass is 16.1. The van der Waals surface area contributed by atoms with Gasteiger partial charge in [0.25, 0.3) is 0 Å². The van der Waals surface area contributed by atoms with Crippen LogP contribution in [0, 0.1) is 6.92 Å². The zero-order chi connectivity index (χ0) is 12.7. The molecule has 0 saturated heterocycles. The zero-order valence-corrected chi connectivity index (χ0v) is 10.7. The predicted molar refractivity (Wildman–Crippen MR) is 70.5 cm³/mol. The second-order valence-corrected chi connectivity index (χ2v) is 4.64. The summed E-state index contributed by atoms with van der Waals surface area (Å²) in [7, 11) is 0. The van der Waals surface area contributed by atoms with Crippen LogP contribution in [-0.4, -0.2) is 11.9 Å². The molecule has 0 spiro atoms. The third-order valence-corrected chi connectivity index (χ3v) is 2.64. The Bertz CT molecular complexity index is 361. The summed E-state index contributed by atoms with van der Waals surface area (Å²) < 4.78 is 0. The third kappa shape index (κ3) is 6.07. The molecule has 3 heteroatoms. The lowest BCUT2D eigenvalue weighted by atomic mass is 10.1. The molecule has 0 radical (unpaired) electrons. The summed E-state index contributed by atoms with van der Waals surface area (Å²) in [5, 5.41) is 2.92. The van der Waals surface area contributed by atoms with Crippen molar-refractivity contribution in [1.29, 1.82) is 0 Å². The van der Waals surface area contributed by atoms with Crippen LogP contribution in [0.2, 0.25) is 0 Å². The van der Waals surface area contributed by atoms with E-state index in [0.29, 0.717) is 13.0 Å². The summed E-state index contributed by atoms with van der Waals surface area (Å²) in [6.45, 7) is 4.62. The first-order valence-corrected chi connectivity index (χ1v) is 6.16. The average Bonchev–Trinajstić information content (AvgIpc) is 2.26. The first kappa shape index (κ1) is 13.7. The summed E-state index contributed by atoms with van der Waals surface area (Å²) in [6.07, 6.45) is 2.32. The predicted octanol–water partition coefficient (Wildman–Crippen LogP) is 2.13. The summed E-state index contributed by atoms with van der Waals surface area (Å²) in [6, 6.07) is 8.35. The molecule has 3 N–H and O–H groups in total. The molecule has 3 nitrogen and oxygen atoms in total. The molecule has 1 rings (SSSR count).